The van der Waals surface area contributed by atoms with Crippen molar-refractivity contribution >= 4 is 28.5 Å². The number of ether oxygens (including phenoxy) is 1. The number of nitrogens with zero attached hydrogens (tertiary/aromatic N) is 1. The van der Waals surface area contributed by atoms with Crippen LogP contribution in [0.2, 0.25) is 0 Å². The van der Waals surface area contributed by atoms with Crippen LogP contribution in [0.5, 0.6) is 5.75 Å². The predicted molar refractivity (Wildman–Crippen MR) is 106 cm³/mol. The average molecular weight is 378 g/mol. The second-order valence-electron chi connectivity index (χ2n) is 7.22. The molecule has 1 aliphatic rings. The fraction of sp³-hybridized carbons (Fsp3) is 0.286. The molecule has 7 heteroatoms. The molecule has 0 fully saturated rings. The van der Waals surface area contributed by atoms with Gasteiger partial charge in [-0.1, -0.05) is 38.1 Å². The molecule has 1 aliphatic heterocycles. The second kappa shape index (κ2) is 7.34. The molecule has 1 aromatic heterocycles. The van der Waals surface area contributed by atoms with Gasteiger partial charge in [0.05, 0.1) is 29.2 Å². The van der Waals surface area contributed by atoms with Gasteiger partial charge in [-0.15, -0.1) is 0 Å². The van der Waals surface area contributed by atoms with Crippen LogP contribution in [-0.2, 0) is 9.59 Å². The number of imidazole rings is 1. The number of amides is 2. The van der Waals surface area contributed by atoms with Gasteiger partial charge in [0.2, 0.25) is 5.91 Å². The molecule has 0 bridgehead atoms. The zero-order valence-corrected chi connectivity index (χ0v) is 15.7. The van der Waals surface area contributed by atoms with Crippen LogP contribution in [0.1, 0.15) is 32.1 Å². The van der Waals surface area contributed by atoms with Gasteiger partial charge in [0.25, 0.3) is 5.91 Å². The van der Waals surface area contributed by atoms with E-state index in [-0.39, 0.29) is 30.2 Å². The number of benzene rings is 2. The van der Waals surface area contributed by atoms with Crippen molar-refractivity contribution in [2.75, 3.05) is 5.32 Å². The molecule has 3 aromatic rings. The molecule has 144 valence electrons. The molecule has 0 spiro atoms. The minimum absolute atomic E-state index is 0.0659. The number of H-pyrrole nitrogens is 1. The van der Waals surface area contributed by atoms with E-state index in [9.17, 15) is 9.59 Å². The third kappa shape index (κ3) is 3.55. The third-order valence-corrected chi connectivity index (χ3v) is 4.76. The van der Waals surface area contributed by atoms with Crippen molar-refractivity contribution < 1.29 is 14.3 Å². The van der Waals surface area contributed by atoms with Gasteiger partial charge in [-0.2, -0.15) is 0 Å². The van der Waals surface area contributed by atoms with Gasteiger partial charge in [-0.05, 0) is 30.2 Å². The quantitative estimate of drug-likeness (QED) is 0.635. The van der Waals surface area contributed by atoms with Crippen LogP contribution in [-0.4, -0.2) is 27.9 Å². The first-order valence-electron chi connectivity index (χ1n) is 9.32. The highest BCUT2D eigenvalue weighted by Crippen LogP contribution is 2.30. The predicted octanol–water partition coefficient (Wildman–Crippen LogP) is 3.17. The Morgan fingerprint density at radius 3 is 2.71 bits per heavy atom. The van der Waals surface area contributed by atoms with Crippen molar-refractivity contribution in [2.45, 2.75) is 32.4 Å². The monoisotopic (exact) mass is 378 g/mol. The van der Waals surface area contributed by atoms with Gasteiger partial charge < -0.3 is 20.4 Å². The Labute approximate surface area is 162 Å². The summed E-state index contributed by atoms with van der Waals surface area (Å²) in [4.78, 5) is 32.8. The molecule has 2 amide bonds. The average Bonchev–Trinajstić information content (AvgIpc) is 3.10. The Morgan fingerprint density at radius 1 is 1.18 bits per heavy atom. The second-order valence-corrected chi connectivity index (χ2v) is 7.22. The smallest absolute Gasteiger partial charge is 0.266 e. The lowest BCUT2D eigenvalue weighted by Crippen LogP contribution is -2.42. The Morgan fingerprint density at radius 2 is 1.93 bits per heavy atom. The van der Waals surface area contributed by atoms with E-state index in [1.807, 2.05) is 50.2 Å². The third-order valence-electron chi connectivity index (χ3n) is 4.76. The summed E-state index contributed by atoms with van der Waals surface area (Å²) in [6.07, 6.45) is -0.928. The standard InChI is InChI=1S/C21H22N4O3/c1-12(2)19(20-22-13-7-3-4-8-14(13)23-20)25-18(26)11-17-21(27)24-15-9-5-6-10-16(15)28-17/h3-10,12,17,19H,11H2,1-2H3,(H,22,23)(H,24,27)(H,25,26)/t17-,19-/m0/s1. The van der Waals surface area contributed by atoms with Crippen molar-refractivity contribution in [2.24, 2.45) is 5.92 Å². The van der Waals surface area contributed by atoms with E-state index in [1.54, 1.807) is 12.1 Å². The largest absolute Gasteiger partial charge is 0.478 e. The summed E-state index contributed by atoms with van der Waals surface area (Å²) in [5.41, 5.74) is 2.39. The van der Waals surface area contributed by atoms with Gasteiger partial charge in [0.15, 0.2) is 6.10 Å². The van der Waals surface area contributed by atoms with Crippen LogP contribution >= 0.6 is 0 Å². The van der Waals surface area contributed by atoms with Crippen molar-refractivity contribution in [1.82, 2.24) is 15.3 Å². The topological polar surface area (TPSA) is 96.1 Å². The highest BCUT2D eigenvalue weighted by atomic mass is 16.5. The maximum absolute atomic E-state index is 12.7. The Hall–Kier alpha value is -3.35. The van der Waals surface area contributed by atoms with E-state index in [0.29, 0.717) is 17.3 Å². The van der Waals surface area contributed by atoms with Gasteiger partial charge in [0, 0.05) is 0 Å². The molecule has 0 saturated carbocycles. The molecular weight excluding hydrogens is 356 g/mol. The summed E-state index contributed by atoms with van der Waals surface area (Å²) in [7, 11) is 0. The SMILES string of the molecule is CC(C)[C@H](NC(=O)C[C@@H]1Oc2ccccc2NC1=O)c1nc2ccccc2[nH]1. The van der Waals surface area contributed by atoms with Crippen LogP contribution in [0.15, 0.2) is 48.5 Å². The number of nitrogens with one attached hydrogen (secondary N) is 3. The molecule has 0 radical (unpaired) electrons. The number of fused-ring (bicyclic) bond motifs is 2. The summed E-state index contributed by atoms with van der Waals surface area (Å²) in [5.74, 6) is 0.796. The summed E-state index contributed by atoms with van der Waals surface area (Å²) in [6, 6.07) is 14.6. The van der Waals surface area contributed by atoms with Crippen LogP contribution in [0, 0.1) is 5.92 Å². The first-order chi connectivity index (χ1) is 13.5. The lowest BCUT2D eigenvalue weighted by molar-refractivity contribution is -0.131. The maximum atomic E-state index is 12.7. The molecule has 4 rings (SSSR count). The Balaban J connectivity index is 1.47. The first-order valence-corrected chi connectivity index (χ1v) is 9.32. The summed E-state index contributed by atoms with van der Waals surface area (Å²) in [5, 5.41) is 5.77. The molecule has 0 unspecified atom stereocenters. The number of carbonyl (C=O) groups is 2. The molecular formula is C21H22N4O3. The lowest BCUT2D eigenvalue weighted by Gasteiger charge is -2.26. The summed E-state index contributed by atoms with van der Waals surface area (Å²) < 4.78 is 5.71. The van der Waals surface area contributed by atoms with E-state index in [2.05, 4.69) is 20.6 Å². The van der Waals surface area contributed by atoms with Crippen LogP contribution in [0.25, 0.3) is 11.0 Å². The molecule has 7 nitrogen and oxygen atoms in total. The molecule has 3 N–H and O–H groups in total. The van der Waals surface area contributed by atoms with E-state index in [0.717, 1.165) is 11.0 Å². The van der Waals surface area contributed by atoms with E-state index < -0.39 is 6.10 Å². The zero-order chi connectivity index (χ0) is 19.7. The number of anilines is 1. The molecule has 2 heterocycles. The zero-order valence-electron chi connectivity index (χ0n) is 15.7. The van der Waals surface area contributed by atoms with Gasteiger partial charge >= 0.3 is 0 Å². The number of hydrogen-bond donors (Lipinski definition) is 3. The van der Waals surface area contributed by atoms with Crippen molar-refractivity contribution in [3.63, 3.8) is 0 Å². The normalized spacial score (nSPS) is 17.0. The van der Waals surface area contributed by atoms with Crippen molar-refractivity contribution in [3.8, 4) is 5.75 Å². The van der Waals surface area contributed by atoms with Gasteiger partial charge in [-0.25, -0.2) is 4.98 Å². The Bertz CT molecular complexity index is 994. The van der Waals surface area contributed by atoms with E-state index in [1.165, 1.54) is 0 Å². The minimum atomic E-state index is -0.863. The molecule has 28 heavy (non-hydrogen) atoms. The number of rotatable bonds is 5. The fourth-order valence-corrected chi connectivity index (χ4v) is 3.30. The number of aromatic amines is 1. The van der Waals surface area contributed by atoms with Crippen molar-refractivity contribution in [3.05, 3.63) is 54.4 Å². The molecule has 0 saturated heterocycles. The number of aromatic nitrogens is 2. The highest BCUT2D eigenvalue weighted by Gasteiger charge is 2.31. The molecule has 0 aliphatic carbocycles. The maximum Gasteiger partial charge on any atom is 0.266 e. The van der Waals surface area contributed by atoms with Crippen LogP contribution in [0.3, 0.4) is 0 Å². The first kappa shape index (κ1) is 18.0. The van der Waals surface area contributed by atoms with Crippen molar-refractivity contribution in [1.29, 1.82) is 0 Å². The van der Waals surface area contributed by atoms with Gasteiger partial charge in [-0.3, -0.25) is 9.59 Å². The number of para-hydroxylation sites is 4. The number of hydrogen-bond acceptors (Lipinski definition) is 4. The summed E-state index contributed by atoms with van der Waals surface area (Å²) in [6.45, 7) is 4.02. The fourth-order valence-electron chi connectivity index (χ4n) is 3.30. The molecule has 2 aromatic carbocycles. The minimum Gasteiger partial charge on any atom is -0.478 e. The van der Waals surface area contributed by atoms with Gasteiger partial charge in [0.1, 0.15) is 11.6 Å². The Kier molecular flexibility index (Phi) is 4.73. The van der Waals surface area contributed by atoms with Crippen LogP contribution < -0.4 is 15.4 Å². The summed E-state index contributed by atoms with van der Waals surface area (Å²) >= 11 is 0. The number of carbonyl (C=O) groups excluding carboxylic acids is 2. The molecule has 2 atom stereocenters. The van der Waals surface area contributed by atoms with E-state index in [4.69, 9.17) is 4.74 Å². The lowest BCUT2D eigenvalue weighted by atomic mass is 10.0. The highest BCUT2D eigenvalue weighted by molar-refractivity contribution is 6.00. The van der Waals surface area contributed by atoms with Crippen LogP contribution in [0.4, 0.5) is 5.69 Å². The van der Waals surface area contributed by atoms with E-state index >= 15 is 0 Å².